The normalized spacial score (nSPS) is 31.6. The van der Waals surface area contributed by atoms with Crippen molar-refractivity contribution in [2.24, 2.45) is 23.3 Å². The van der Waals surface area contributed by atoms with E-state index >= 15 is 0 Å². The molecule has 11 rings (SSSR count). The molecule has 1 spiro atoms. The maximum atomic E-state index is 14.5. The highest BCUT2D eigenvalue weighted by molar-refractivity contribution is 5.88. The van der Waals surface area contributed by atoms with Crippen LogP contribution in [-0.2, 0) is 20.8 Å². The summed E-state index contributed by atoms with van der Waals surface area (Å²) in [5, 5.41) is 19.8. The second kappa shape index (κ2) is 12.5. The SMILES string of the molecule is Cc1cc(=O)c2c(O)c3c(cc2o1)OC(C)(C)C1OC(=O)C2(OC2CCC2=CC(C4=CC(Cn5cc6cc[nH]c6c5)NC(N)=C4)NC(N)=C2)C2CCC(CC2)C31. The number of carbonyl (C=O) groups is 1. The molecule has 7 aliphatic rings. The summed E-state index contributed by atoms with van der Waals surface area (Å²) in [5.74, 6) is 1.28. The van der Waals surface area contributed by atoms with Crippen molar-refractivity contribution >= 4 is 27.8 Å². The van der Waals surface area contributed by atoms with Crippen LogP contribution in [0.25, 0.3) is 21.9 Å². The van der Waals surface area contributed by atoms with Gasteiger partial charge in [0.1, 0.15) is 39.9 Å². The lowest BCUT2D eigenvalue weighted by Gasteiger charge is -2.47. The third-order valence-electron chi connectivity index (χ3n) is 13.0. The monoisotopic (exact) mass is 760 g/mol. The van der Waals surface area contributed by atoms with Gasteiger partial charge in [0, 0.05) is 60.1 Å². The van der Waals surface area contributed by atoms with Crippen LogP contribution in [0.5, 0.6) is 11.5 Å². The Morgan fingerprint density at radius 3 is 2.62 bits per heavy atom. The maximum Gasteiger partial charge on any atom is 0.341 e. The van der Waals surface area contributed by atoms with Gasteiger partial charge in [-0.05, 0) is 94.6 Å². The van der Waals surface area contributed by atoms with Crippen molar-refractivity contribution in [2.45, 2.75) is 107 Å². The number of nitrogens with zero attached hydrogens (tertiary/aromatic N) is 1. The van der Waals surface area contributed by atoms with Crippen LogP contribution < -0.4 is 32.3 Å². The molecule has 6 unspecified atom stereocenters. The van der Waals surface area contributed by atoms with E-state index in [2.05, 4.69) is 50.8 Å². The van der Waals surface area contributed by atoms with E-state index in [1.165, 1.54) is 6.07 Å². The molecule has 292 valence electrons. The quantitative estimate of drug-likeness (QED) is 0.113. The lowest BCUT2D eigenvalue weighted by molar-refractivity contribution is -0.172. The molecule has 9 heterocycles. The van der Waals surface area contributed by atoms with Crippen LogP contribution in [-0.4, -0.2) is 56.1 Å². The fourth-order valence-electron chi connectivity index (χ4n) is 10.5. The smallest absolute Gasteiger partial charge is 0.341 e. The minimum absolute atomic E-state index is 0.00805. The number of epoxide rings is 1. The number of ether oxygens (including phenoxy) is 3. The summed E-state index contributed by atoms with van der Waals surface area (Å²) < 4.78 is 27.6. The van der Waals surface area contributed by atoms with Gasteiger partial charge in [0.2, 0.25) is 0 Å². The van der Waals surface area contributed by atoms with Gasteiger partial charge in [-0.2, -0.15) is 0 Å². The summed E-state index contributed by atoms with van der Waals surface area (Å²) in [6.07, 6.45) is 17.9. The Morgan fingerprint density at radius 1 is 1.02 bits per heavy atom. The van der Waals surface area contributed by atoms with E-state index in [4.69, 9.17) is 30.1 Å². The summed E-state index contributed by atoms with van der Waals surface area (Å²) in [6.45, 7) is 6.24. The van der Waals surface area contributed by atoms with Gasteiger partial charge in [-0.15, -0.1) is 0 Å². The van der Waals surface area contributed by atoms with Crippen LogP contribution in [0, 0.1) is 18.8 Å². The average molecular weight is 761 g/mol. The fourth-order valence-corrected chi connectivity index (χ4v) is 10.5. The number of nitrogens with two attached hydrogens (primary N) is 2. The third kappa shape index (κ3) is 5.61. The first-order valence-corrected chi connectivity index (χ1v) is 19.8. The first-order valence-electron chi connectivity index (χ1n) is 19.8. The van der Waals surface area contributed by atoms with Gasteiger partial charge in [-0.25, -0.2) is 4.79 Å². The largest absolute Gasteiger partial charge is 0.507 e. The van der Waals surface area contributed by atoms with E-state index < -0.39 is 17.3 Å². The molecular weight excluding hydrogens is 713 g/mol. The highest BCUT2D eigenvalue weighted by atomic mass is 16.7. The second-order valence-electron chi connectivity index (χ2n) is 17.1. The predicted octanol–water partition coefficient (Wildman–Crippen LogP) is 5.09. The highest BCUT2D eigenvalue weighted by Crippen LogP contribution is 2.60. The molecule has 2 bridgehead atoms. The molecule has 8 N–H and O–H groups in total. The number of phenols is 1. The van der Waals surface area contributed by atoms with E-state index in [9.17, 15) is 14.7 Å². The number of fused-ring (bicyclic) bond motifs is 6. The van der Waals surface area contributed by atoms with Gasteiger partial charge < -0.3 is 55.4 Å². The van der Waals surface area contributed by atoms with Crippen LogP contribution >= 0.6 is 0 Å². The minimum atomic E-state index is -1.05. The summed E-state index contributed by atoms with van der Waals surface area (Å²) in [5.41, 5.74) is 14.5. The molecule has 4 aromatic rings. The first-order chi connectivity index (χ1) is 26.9. The molecule has 1 aliphatic carbocycles. The topological polar surface area (TPSA) is 195 Å². The Bertz CT molecular complexity index is 2450. The van der Waals surface area contributed by atoms with Crippen molar-refractivity contribution in [1.29, 1.82) is 0 Å². The van der Waals surface area contributed by atoms with E-state index in [-0.39, 0.29) is 64.1 Å². The Labute approximate surface area is 323 Å². The number of phenolic OH excluding ortho intramolecular Hbond substituents is 1. The van der Waals surface area contributed by atoms with Crippen molar-refractivity contribution in [2.75, 3.05) is 0 Å². The second-order valence-corrected chi connectivity index (χ2v) is 17.1. The number of dihydropyridines is 2. The number of aromatic amines is 1. The van der Waals surface area contributed by atoms with Crippen LogP contribution in [0.15, 0.2) is 93.1 Å². The van der Waals surface area contributed by atoms with Crippen LogP contribution in [0.3, 0.4) is 0 Å². The first kappa shape index (κ1) is 34.9. The number of hydrogen-bond donors (Lipinski definition) is 6. The van der Waals surface area contributed by atoms with E-state index in [0.717, 1.165) is 47.7 Å². The molecule has 3 saturated heterocycles. The van der Waals surface area contributed by atoms with Gasteiger partial charge >= 0.3 is 5.97 Å². The minimum Gasteiger partial charge on any atom is -0.507 e. The number of hydrogen-bond acceptors (Lipinski definition) is 11. The molecule has 3 aromatic heterocycles. The molecule has 6 atom stereocenters. The molecular formula is C43H48N6O7. The Kier molecular flexibility index (Phi) is 7.77. The van der Waals surface area contributed by atoms with Crippen LogP contribution in [0.1, 0.15) is 69.6 Å². The standard InChI is InChI=1S/C43H48N6O7/c1-21-12-30(50)37-31(53-21)17-32-38(39(37)51)36-23-5-7-26(8-6-23)43(41(52)54-40(36)42(2,3)55-32)33(56-43)9-4-22-13-28(48-34(44)14-22)25-15-27(47-35(45)16-25)19-49-18-24-10-11-46-29(24)20-49/h10-18,20,23,26-28,33,36,40,46-48,51H,4-9,19,44-45H2,1-3H3. The Hall–Kier alpha value is -5.56. The van der Waals surface area contributed by atoms with Crippen molar-refractivity contribution < 1.29 is 28.5 Å². The van der Waals surface area contributed by atoms with Crippen LogP contribution in [0.2, 0.25) is 0 Å². The number of benzene rings is 1. The zero-order chi connectivity index (χ0) is 38.7. The summed E-state index contributed by atoms with van der Waals surface area (Å²) in [6, 6.07) is 4.96. The molecule has 6 aliphatic heterocycles. The lowest BCUT2D eigenvalue weighted by atomic mass is 9.66. The highest BCUT2D eigenvalue weighted by Gasteiger charge is 2.69. The maximum absolute atomic E-state index is 14.5. The number of carbonyl (C=O) groups excluding carboxylic acids is 1. The number of rotatable bonds is 6. The van der Waals surface area contributed by atoms with Crippen molar-refractivity contribution in [1.82, 2.24) is 20.2 Å². The van der Waals surface area contributed by atoms with E-state index in [1.54, 1.807) is 13.0 Å². The molecule has 13 heteroatoms. The molecule has 13 nitrogen and oxygen atoms in total. The Balaban J connectivity index is 0.886. The molecule has 1 aromatic carbocycles. The number of nitrogens with one attached hydrogen (secondary N) is 3. The summed E-state index contributed by atoms with van der Waals surface area (Å²) in [7, 11) is 0. The number of H-pyrrole nitrogens is 1. The lowest BCUT2D eigenvalue weighted by Crippen LogP contribution is -2.53. The number of allylic oxidation sites excluding steroid dienone is 2. The third-order valence-corrected chi connectivity index (χ3v) is 13.0. The summed E-state index contributed by atoms with van der Waals surface area (Å²) >= 11 is 0. The van der Waals surface area contributed by atoms with Crippen molar-refractivity contribution in [3.05, 3.63) is 105 Å². The fraction of sp³-hybridized carbons (Fsp3) is 0.442. The van der Waals surface area contributed by atoms with Crippen molar-refractivity contribution in [3.63, 3.8) is 0 Å². The zero-order valence-corrected chi connectivity index (χ0v) is 31.8. The van der Waals surface area contributed by atoms with Gasteiger partial charge in [0.05, 0.1) is 35.3 Å². The number of aromatic nitrogens is 2. The zero-order valence-electron chi connectivity index (χ0n) is 31.8. The Morgan fingerprint density at radius 2 is 1.82 bits per heavy atom. The van der Waals surface area contributed by atoms with Crippen molar-refractivity contribution in [3.8, 4) is 11.5 Å². The van der Waals surface area contributed by atoms with E-state index in [1.807, 2.05) is 32.2 Å². The molecule has 1 saturated carbocycles. The van der Waals surface area contributed by atoms with E-state index in [0.29, 0.717) is 48.1 Å². The number of esters is 1. The van der Waals surface area contributed by atoms with Gasteiger partial charge in [0.25, 0.3) is 0 Å². The summed E-state index contributed by atoms with van der Waals surface area (Å²) in [4.78, 5) is 30.9. The van der Waals surface area contributed by atoms with Gasteiger partial charge in [0.15, 0.2) is 11.0 Å². The van der Waals surface area contributed by atoms with Crippen LogP contribution in [0.4, 0.5) is 0 Å². The van der Waals surface area contributed by atoms with Gasteiger partial charge in [-0.1, -0.05) is 12.2 Å². The molecule has 0 amide bonds. The molecule has 56 heavy (non-hydrogen) atoms. The molecule has 4 fully saturated rings. The predicted molar refractivity (Wildman–Crippen MR) is 209 cm³/mol. The average Bonchev–Trinajstić information content (AvgIpc) is 3.48. The van der Waals surface area contributed by atoms with Gasteiger partial charge in [-0.3, -0.25) is 4.79 Å². The molecule has 0 radical (unpaired) electrons. The number of aryl methyl sites for hydroxylation is 1. The number of aromatic hydroxyl groups is 1.